The predicted octanol–water partition coefficient (Wildman–Crippen LogP) is 6.09. The second kappa shape index (κ2) is 7.31. The van der Waals surface area contributed by atoms with Crippen LogP contribution in [0.25, 0.3) is 10.8 Å². The highest BCUT2D eigenvalue weighted by molar-refractivity contribution is 5.89. The Balaban J connectivity index is 2.14. The van der Waals surface area contributed by atoms with Crippen LogP contribution < -0.4 is 0 Å². The normalized spacial score (nSPS) is 11.7. The van der Waals surface area contributed by atoms with Gasteiger partial charge in [0.05, 0.1) is 0 Å². The van der Waals surface area contributed by atoms with E-state index in [0.717, 1.165) is 35.6 Å². The maximum Gasteiger partial charge on any atom is 0.126 e. The second-order valence-corrected chi connectivity index (χ2v) is 6.37. The van der Waals surface area contributed by atoms with Gasteiger partial charge >= 0.3 is 0 Å². The zero-order valence-corrected chi connectivity index (χ0v) is 14.1. The fourth-order valence-corrected chi connectivity index (χ4v) is 2.60. The molecule has 0 aliphatic rings. The van der Waals surface area contributed by atoms with Crippen molar-refractivity contribution in [2.45, 2.75) is 47.0 Å². The molecule has 0 aliphatic heterocycles. The molecular weight excluding hydrogens is 268 g/mol. The van der Waals surface area contributed by atoms with E-state index in [2.05, 4.69) is 64.1 Å². The highest BCUT2D eigenvalue weighted by atomic mass is 16.3. The Morgan fingerprint density at radius 1 is 1.05 bits per heavy atom. The topological polar surface area (TPSA) is 20.2 Å². The summed E-state index contributed by atoms with van der Waals surface area (Å²) in [4.78, 5) is 0. The molecule has 0 fully saturated rings. The zero-order valence-electron chi connectivity index (χ0n) is 14.1. The molecule has 0 spiro atoms. The van der Waals surface area contributed by atoms with E-state index in [0.29, 0.717) is 5.75 Å². The molecule has 0 radical (unpaired) electrons. The van der Waals surface area contributed by atoms with Gasteiger partial charge in [0.15, 0.2) is 0 Å². The van der Waals surface area contributed by atoms with Gasteiger partial charge in [-0.25, -0.2) is 0 Å². The SMILES string of the molecule is CC(C)=CCC/C(C)=C/Cc1ccc2ccc(C)cc2c1O. The van der Waals surface area contributed by atoms with Crippen molar-refractivity contribution in [1.29, 1.82) is 0 Å². The van der Waals surface area contributed by atoms with Gasteiger partial charge in [-0.1, -0.05) is 53.1 Å². The molecule has 0 aliphatic carbocycles. The van der Waals surface area contributed by atoms with E-state index in [1.165, 1.54) is 16.7 Å². The lowest BCUT2D eigenvalue weighted by atomic mass is 10.00. The van der Waals surface area contributed by atoms with Crippen LogP contribution in [0.3, 0.4) is 0 Å². The lowest BCUT2D eigenvalue weighted by Gasteiger charge is -2.08. The summed E-state index contributed by atoms with van der Waals surface area (Å²) in [5.74, 6) is 0.426. The minimum Gasteiger partial charge on any atom is -0.507 e. The average Bonchev–Trinajstić information content (AvgIpc) is 2.47. The van der Waals surface area contributed by atoms with Crippen LogP contribution in [0.15, 0.2) is 53.6 Å². The number of hydrogen-bond acceptors (Lipinski definition) is 1. The summed E-state index contributed by atoms with van der Waals surface area (Å²) in [6.07, 6.45) is 7.46. The molecule has 0 aromatic heterocycles. The van der Waals surface area contributed by atoms with Crippen molar-refractivity contribution in [1.82, 2.24) is 0 Å². The molecule has 1 heteroatoms. The van der Waals surface area contributed by atoms with Gasteiger partial charge in [-0.3, -0.25) is 0 Å². The highest BCUT2D eigenvalue weighted by Gasteiger charge is 2.05. The molecule has 0 unspecified atom stereocenters. The van der Waals surface area contributed by atoms with Crippen LogP contribution in [0, 0.1) is 6.92 Å². The molecule has 0 saturated carbocycles. The number of rotatable bonds is 5. The zero-order chi connectivity index (χ0) is 16.1. The van der Waals surface area contributed by atoms with Gasteiger partial charge in [0.1, 0.15) is 5.75 Å². The largest absolute Gasteiger partial charge is 0.507 e. The highest BCUT2D eigenvalue weighted by Crippen LogP contribution is 2.30. The standard InChI is InChI=1S/C21H26O/c1-15(2)6-5-7-16(3)8-11-19-13-12-18-10-9-17(4)14-20(18)21(19)22/h6,8-10,12-14,22H,5,7,11H2,1-4H3/b16-8+. The Labute approximate surface area is 134 Å². The van der Waals surface area contributed by atoms with Crippen LogP contribution in [0.5, 0.6) is 5.75 Å². The summed E-state index contributed by atoms with van der Waals surface area (Å²) in [6, 6.07) is 10.3. The Hall–Kier alpha value is -2.02. The van der Waals surface area contributed by atoms with Crippen molar-refractivity contribution in [2.75, 3.05) is 0 Å². The molecule has 0 amide bonds. The molecule has 0 heterocycles. The Morgan fingerprint density at radius 2 is 1.77 bits per heavy atom. The quantitative estimate of drug-likeness (QED) is 0.662. The smallest absolute Gasteiger partial charge is 0.126 e. The maximum absolute atomic E-state index is 10.5. The fourth-order valence-electron chi connectivity index (χ4n) is 2.60. The van der Waals surface area contributed by atoms with Crippen LogP contribution in [0.4, 0.5) is 0 Å². The molecule has 2 aromatic rings. The van der Waals surface area contributed by atoms with Crippen LogP contribution >= 0.6 is 0 Å². The Kier molecular flexibility index (Phi) is 5.43. The van der Waals surface area contributed by atoms with Crippen molar-refractivity contribution in [3.63, 3.8) is 0 Å². The van der Waals surface area contributed by atoms with Gasteiger partial charge in [-0.15, -0.1) is 0 Å². The minimum absolute atomic E-state index is 0.426. The third-order valence-electron chi connectivity index (χ3n) is 3.99. The van der Waals surface area contributed by atoms with E-state index < -0.39 is 0 Å². The monoisotopic (exact) mass is 294 g/mol. The predicted molar refractivity (Wildman–Crippen MR) is 96.5 cm³/mol. The minimum atomic E-state index is 0.426. The number of phenolic OH excluding ortho intramolecular Hbond substituents is 1. The summed E-state index contributed by atoms with van der Waals surface area (Å²) in [7, 11) is 0. The summed E-state index contributed by atoms with van der Waals surface area (Å²) in [6.45, 7) is 8.49. The van der Waals surface area contributed by atoms with Crippen molar-refractivity contribution in [3.05, 3.63) is 64.8 Å². The molecule has 2 rings (SSSR count). The van der Waals surface area contributed by atoms with E-state index in [-0.39, 0.29) is 0 Å². The van der Waals surface area contributed by atoms with Gasteiger partial charge in [-0.2, -0.15) is 0 Å². The lowest BCUT2D eigenvalue weighted by molar-refractivity contribution is 0.476. The molecule has 22 heavy (non-hydrogen) atoms. The molecule has 116 valence electrons. The fraction of sp³-hybridized carbons (Fsp3) is 0.333. The van der Waals surface area contributed by atoms with Gasteiger partial charge in [0.2, 0.25) is 0 Å². The summed E-state index contributed by atoms with van der Waals surface area (Å²) in [5, 5.41) is 12.5. The lowest BCUT2D eigenvalue weighted by Crippen LogP contribution is -1.87. The second-order valence-electron chi connectivity index (χ2n) is 6.37. The van der Waals surface area contributed by atoms with E-state index in [9.17, 15) is 5.11 Å². The number of fused-ring (bicyclic) bond motifs is 1. The summed E-state index contributed by atoms with van der Waals surface area (Å²) >= 11 is 0. The molecule has 1 nitrogen and oxygen atoms in total. The Morgan fingerprint density at radius 3 is 2.50 bits per heavy atom. The molecule has 2 aromatic carbocycles. The molecule has 0 atom stereocenters. The van der Waals surface area contributed by atoms with Crippen LogP contribution in [0.2, 0.25) is 0 Å². The first-order valence-electron chi connectivity index (χ1n) is 7.97. The van der Waals surface area contributed by atoms with E-state index in [4.69, 9.17) is 0 Å². The van der Waals surface area contributed by atoms with Crippen LogP contribution in [0.1, 0.15) is 44.7 Å². The van der Waals surface area contributed by atoms with E-state index >= 15 is 0 Å². The van der Waals surface area contributed by atoms with Gasteiger partial charge in [-0.05, 0) is 64.0 Å². The Bertz CT molecular complexity index is 716. The molecule has 0 bridgehead atoms. The molecule has 0 saturated heterocycles. The molecule has 1 N–H and O–H groups in total. The van der Waals surface area contributed by atoms with Crippen molar-refractivity contribution in [3.8, 4) is 5.75 Å². The first-order valence-corrected chi connectivity index (χ1v) is 7.97. The van der Waals surface area contributed by atoms with E-state index in [1.807, 2.05) is 6.07 Å². The van der Waals surface area contributed by atoms with Crippen molar-refractivity contribution in [2.24, 2.45) is 0 Å². The third kappa shape index (κ3) is 4.24. The number of aromatic hydroxyl groups is 1. The first kappa shape index (κ1) is 16.4. The van der Waals surface area contributed by atoms with Crippen molar-refractivity contribution >= 4 is 10.8 Å². The number of hydrogen-bond donors (Lipinski definition) is 1. The van der Waals surface area contributed by atoms with Gasteiger partial charge in [0.25, 0.3) is 0 Å². The number of aryl methyl sites for hydroxylation is 1. The van der Waals surface area contributed by atoms with Gasteiger partial charge < -0.3 is 5.11 Å². The number of allylic oxidation sites excluding steroid dienone is 4. The summed E-state index contributed by atoms with van der Waals surface area (Å²) < 4.78 is 0. The third-order valence-corrected chi connectivity index (χ3v) is 3.99. The van der Waals surface area contributed by atoms with Crippen molar-refractivity contribution < 1.29 is 5.11 Å². The van der Waals surface area contributed by atoms with E-state index in [1.54, 1.807) is 0 Å². The van der Waals surface area contributed by atoms with Crippen LogP contribution in [-0.2, 0) is 6.42 Å². The number of benzene rings is 2. The average molecular weight is 294 g/mol. The first-order chi connectivity index (χ1) is 10.5. The number of phenols is 1. The van der Waals surface area contributed by atoms with Crippen LogP contribution in [-0.4, -0.2) is 5.11 Å². The van der Waals surface area contributed by atoms with Gasteiger partial charge in [0, 0.05) is 5.39 Å². The maximum atomic E-state index is 10.5. The molecular formula is C21H26O. The summed E-state index contributed by atoms with van der Waals surface area (Å²) in [5.41, 5.74) is 4.92.